The Morgan fingerprint density at radius 3 is 2.44 bits per heavy atom. The molecule has 0 saturated carbocycles. The first-order chi connectivity index (χ1) is 7.74. The maximum Gasteiger partial charge on any atom is 0.188 e. The highest BCUT2D eigenvalue weighted by Crippen LogP contribution is 2.09. The lowest BCUT2D eigenvalue weighted by molar-refractivity contribution is 0.0475. The molecule has 1 aromatic rings. The van der Waals surface area contributed by atoms with Crippen molar-refractivity contribution < 1.29 is 14.3 Å². The molecular weight excluding hydrogens is 228 g/mol. The summed E-state index contributed by atoms with van der Waals surface area (Å²) in [4.78, 5) is 11.6. The van der Waals surface area contributed by atoms with Crippen molar-refractivity contribution in [1.29, 1.82) is 0 Å². The average molecular weight is 243 g/mol. The third-order valence-corrected chi connectivity index (χ3v) is 2.23. The molecule has 0 aliphatic heterocycles. The zero-order valence-electron chi connectivity index (χ0n) is 9.24. The van der Waals surface area contributed by atoms with Crippen LogP contribution in [0.1, 0.15) is 17.3 Å². The molecule has 0 unspecified atom stereocenters. The predicted octanol–water partition coefficient (Wildman–Crippen LogP) is 2.58. The van der Waals surface area contributed by atoms with Gasteiger partial charge in [0.25, 0.3) is 0 Å². The minimum Gasteiger partial charge on any atom is -0.379 e. The van der Waals surface area contributed by atoms with E-state index in [2.05, 4.69) is 0 Å². The van der Waals surface area contributed by atoms with Crippen molar-refractivity contribution >= 4 is 17.4 Å². The Kier molecular flexibility index (Phi) is 6.08. The Morgan fingerprint density at radius 1 is 1.19 bits per heavy atom. The van der Waals surface area contributed by atoms with Crippen LogP contribution >= 0.6 is 11.6 Å². The van der Waals surface area contributed by atoms with Crippen molar-refractivity contribution in [2.45, 2.75) is 6.92 Å². The third kappa shape index (κ3) is 4.75. The van der Waals surface area contributed by atoms with Gasteiger partial charge in [-0.15, -0.1) is 0 Å². The Bertz CT molecular complexity index is 322. The molecule has 1 rings (SSSR count). The van der Waals surface area contributed by atoms with Crippen molar-refractivity contribution in [1.82, 2.24) is 0 Å². The second-order valence-corrected chi connectivity index (χ2v) is 3.62. The number of Topliss-reactive ketones (excluding diaryl/α,β-unsaturated/α-hetero) is 1. The van der Waals surface area contributed by atoms with Gasteiger partial charge in [0.05, 0.1) is 13.2 Å². The summed E-state index contributed by atoms with van der Waals surface area (Å²) >= 11 is 5.72. The minimum absolute atomic E-state index is 0.0480. The second kappa shape index (κ2) is 7.39. The normalized spacial score (nSPS) is 10.4. The van der Waals surface area contributed by atoms with Gasteiger partial charge in [-0.1, -0.05) is 11.6 Å². The van der Waals surface area contributed by atoms with Gasteiger partial charge in [0.15, 0.2) is 5.78 Å². The van der Waals surface area contributed by atoms with Gasteiger partial charge in [0.2, 0.25) is 0 Å². The van der Waals surface area contributed by atoms with E-state index >= 15 is 0 Å². The van der Waals surface area contributed by atoms with Crippen LogP contribution in [0.3, 0.4) is 0 Å². The summed E-state index contributed by atoms with van der Waals surface area (Å²) in [6.45, 7) is 3.61. The van der Waals surface area contributed by atoms with E-state index in [1.54, 1.807) is 24.3 Å². The SMILES string of the molecule is CCOCCOCC(=O)c1ccc(Cl)cc1. The quantitative estimate of drug-likeness (QED) is 0.545. The van der Waals surface area contributed by atoms with E-state index in [1.807, 2.05) is 6.92 Å². The summed E-state index contributed by atoms with van der Waals surface area (Å²) in [6.07, 6.45) is 0. The average Bonchev–Trinajstić information content (AvgIpc) is 2.29. The monoisotopic (exact) mass is 242 g/mol. The maximum absolute atomic E-state index is 11.6. The molecular formula is C12H15ClO3. The molecule has 1 aromatic carbocycles. The van der Waals surface area contributed by atoms with Gasteiger partial charge in [-0.2, -0.15) is 0 Å². The van der Waals surface area contributed by atoms with Crippen LogP contribution in [0, 0.1) is 0 Å². The topological polar surface area (TPSA) is 35.5 Å². The number of hydrogen-bond acceptors (Lipinski definition) is 3. The third-order valence-electron chi connectivity index (χ3n) is 1.98. The van der Waals surface area contributed by atoms with Crippen LogP contribution in [-0.2, 0) is 9.47 Å². The van der Waals surface area contributed by atoms with Crippen LogP contribution in [0.5, 0.6) is 0 Å². The fourth-order valence-electron chi connectivity index (χ4n) is 1.15. The van der Waals surface area contributed by atoms with Gasteiger partial charge < -0.3 is 9.47 Å². The Labute approximate surface area is 100 Å². The van der Waals surface area contributed by atoms with E-state index in [0.717, 1.165) is 0 Å². The smallest absolute Gasteiger partial charge is 0.188 e. The molecule has 0 saturated heterocycles. The Morgan fingerprint density at radius 2 is 1.81 bits per heavy atom. The number of ether oxygens (including phenoxy) is 2. The highest BCUT2D eigenvalue weighted by Gasteiger charge is 2.05. The number of benzene rings is 1. The molecule has 0 fully saturated rings. The largest absolute Gasteiger partial charge is 0.379 e. The van der Waals surface area contributed by atoms with Gasteiger partial charge in [-0.25, -0.2) is 0 Å². The highest BCUT2D eigenvalue weighted by molar-refractivity contribution is 6.30. The minimum atomic E-state index is -0.0480. The van der Waals surface area contributed by atoms with E-state index in [0.29, 0.717) is 30.4 Å². The molecule has 0 aliphatic carbocycles. The molecule has 16 heavy (non-hydrogen) atoms. The number of carbonyl (C=O) groups excluding carboxylic acids is 1. The molecule has 0 aliphatic rings. The molecule has 0 heterocycles. The Hall–Kier alpha value is -0.900. The number of rotatable bonds is 7. The zero-order chi connectivity index (χ0) is 11.8. The van der Waals surface area contributed by atoms with Gasteiger partial charge >= 0.3 is 0 Å². The second-order valence-electron chi connectivity index (χ2n) is 3.18. The predicted molar refractivity (Wildman–Crippen MR) is 63.1 cm³/mol. The molecule has 88 valence electrons. The first kappa shape index (κ1) is 13.2. The standard InChI is InChI=1S/C12H15ClO3/c1-2-15-7-8-16-9-12(14)10-3-5-11(13)6-4-10/h3-6H,2,7-9H2,1H3. The van der Waals surface area contributed by atoms with Crippen molar-refractivity contribution in [3.63, 3.8) is 0 Å². The molecule has 0 amide bonds. The van der Waals surface area contributed by atoms with Gasteiger partial charge in [-0.05, 0) is 31.2 Å². The van der Waals surface area contributed by atoms with Crippen molar-refractivity contribution in [3.8, 4) is 0 Å². The summed E-state index contributed by atoms with van der Waals surface area (Å²) in [6, 6.07) is 6.76. The summed E-state index contributed by atoms with van der Waals surface area (Å²) < 4.78 is 10.3. The molecule has 0 spiro atoms. The number of halogens is 1. The molecule has 0 atom stereocenters. The molecule has 4 heteroatoms. The number of carbonyl (C=O) groups is 1. The Balaban J connectivity index is 2.27. The van der Waals surface area contributed by atoms with E-state index < -0.39 is 0 Å². The first-order valence-electron chi connectivity index (χ1n) is 5.18. The van der Waals surface area contributed by atoms with Crippen LogP contribution in [0.4, 0.5) is 0 Å². The van der Waals surface area contributed by atoms with E-state index in [4.69, 9.17) is 21.1 Å². The first-order valence-corrected chi connectivity index (χ1v) is 5.56. The van der Waals surface area contributed by atoms with Crippen LogP contribution in [-0.4, -0.2) is 32.2 Å². The van der Waals surface area contributed by atoms with Crippen molar-refractivity contribution in [3.05, 3.63) is 34.9 Å². The number of ketones is 1. The van der Waals surface area contributed by atoms with Crippen LogP contribution in [0.2, 0.25) is 5.02 Å². The van der Waals surface area contributed by atoms with E-state index in [1.165, 1.54) is 0 Å². The van der Waals surface area contributed by atoms with Crippen molar-refractivity contribution in [2.24, 2.45) is 0 Å². The fraction of sp³-hybridized carbons (Fsp3) is 0.417. The number of hydrogen-bond donors (Lipinski definition) is 0. The summed E-state index contributed by atoms with van der Waals surface area (Å²) in [5, 5.41) is 0.619. The summed E-state index contributed by atoms with van der Waals surface area (Å²) in [5.74, 6) is -0.0480. The van der Waals surface area contributed by atoms with Crippen LogP contribution < -0.4 is 0 Å². The van der Waals surface area contributed by atoms with Gasteiger partial charge in [0.1, 0.15) is 6.61 Å². The fourth-order valence-corrected chi connectivity index (χ4v) is 1.27. The lowest BCUT2D eigenvalue weighted by Crippen LogP contribution is -2.12. The maximum atomic E-state index is 11.6. The molecule has 0 aromatic heterocycles. The summed E-state index contributed by atoms with van der Waals surface area (Å²) in [5.41, 5.74) is 0.612. The molecule has 0 bridgehead atoms. The lowest BCUT2D eigenvalue weighted by atomic mass is 10.1. The van der Waals surface area contributed by atoms with E-state index in [9.17, 15) is 4.79 Å². The molecule has 3 nitrogen and oxygen atoms in total. The summed E-state index contributed by atoms with van der Waals surface area (Å²) in [7, 11) is 0. The van der Waals surface area contributed by atoms with Gasteiger partial charge in [0, 0.05) is 17.2 Å². The highest BCUT2D eigenvalue weighted by atomic mass is 35.5. The lowest BCUT2D eigenvalue weighted by Gasteiger charge is -2.04. The van der Waals surface area contributed by atoms with Crippen molar-refractivity contribution in [2.75, 3.05) is 26.4 Å². The van der Waals surface area contributed by atoms with Gasteiger partial charge in [-0.3, -0.25) is 4.79 Å². The van der Waals surface area contributed by atoms with Crippen LogP contribution in [0.15, 0.2) is 24.3 Å². The molecule has 0 N–H and O–H groups in total. The zero-order valence-corrected chi connectivity index (χ0v) is 10.00. The van der Waals surface area contributed by atoms with Crippen LogP contribution in [0.25, 0.3) is 0 Å². The van der Waals surface area contributed by atoms with E-state index in [-0.39, 0.29) is 12.4 Å². The molecule has 0 radical (unpaired) electrons.